The standard InChI is InChI=1S/C19H21ClN2O4S/c1-2-27(24,25)22-11-3-4-14-5-8-16(12-18(14)22)21-19(23)13-26-17-9-6-15(20)7-10-17/h5-10,12H,2-4,11,13H2,1H3,(H,21,23). The minimum Gasteiger partial charge on any atom is -0.484 e. The number of halogens is 1. The number of carbonyl (C=O) groups is 1. The number of ether oxygens (including phenoxy) is 1. The van der Waals surface area contributed by atoms with Crippen LogP contribution in [0.15, 0.2) is 42.5 Å². The number of carbonyl (C=O) groups excluding carboxylic acids is 1. The summed E-state index contributed by atoms with van der Waals surface area (Å²) in [5.41, 5.74) is 2.14. The van der Waals surface area contributed by atoms with Crippen LogP contribution in [0.1, 0.15) is 18.9 Å². The van der Waals surface area contributed by atoms with Crippen molar-refractivity contribution in [2.24, 2.45) is 0 Å². The predicted octanol–water partition coefficient (Wildman–Crippen LogP) is 3.46. The van der Waals surface area contributed by atoms with Gasteiger partial charge in [-0.05, 0) is 61.7 Å². The molecule has 144 valence electrons. The summed E-state index contributed by atoms with van der Waals surface area (Å²) in [5.74, 6) is 0.253. The first-order valence-corrected chi connectivity index (χ1v) is 10.7. The molecule has 0 unspecified atom stereocenters. The van der Waals surface area contributed by atoms with Crippen LogP contribution in [0.2, 0.25) is 5.02 Å². The maximum absolute atomic E-state index is 12.3. The highest BCUT2D eigenvalue weighted by Crippen LogP contribution is 2.32. The van der Waals surface area contributed by atoms with Gasteiger partial charge in [-0.1, -0.05) is 17.7 Å². The van der Waals surface area contributed by atoms with Gasteiger partial charge in [0.05, 0.1) is 11.4 Å². The summed E-state index contributed by atoms with van der Waals surface area (Å²) in [6.07, 6.45) is 1.60. The first kappa shape index (κ1) is 19.5. The molecule has 2 aromatic rings. The number of anilines is 2. The van der Waals surface area contributed by atoms with Crippen LogP contribution in [-0.2, 0) is 21.2 Å². The van der Waals surface area contributed by atoms with Crippen LogP contribution in [0.25, 0.3) is 0 Å². The Labute approximate surface area is 164 Å². The van der Waals surface area contributed by atoms with Crippen molar-refractivity contribution in [1.82, 2.24) is 0 Å². The summed E-state index contributed by atoms with van der Waals surface area (Å²) in [6, 6.07) is 12.1. The molecule has 0 saturated heterocycles. The first-order chi connectivity index (χ1) is 12.9. The minimum absolute atomic E-state index is 0.0396. The molecule has 1 N–H and O–H groups in total. The zero-order valence-corrected chi connectivity index (χ0v) is 16.5. The quantitative estimate of drug-likeness (QED) is 0.794. The normalized spacial score (nSPS) is 13.8. The maximum Gasteiger partial charge on any atom is 0.262 e. The van der Waals surface area contributed by atoms with Crippen molar-refractivity contribution in [3.63, 3.8) is 0 Å². The van der Waals surface area contributed by atoms with Gasteiger partial charge in [-0.25, -0.2) is 8.42 Å². The van der Waals surface area contributed by atoms with Gasteiger partial charge in [0.15, 0.2) is 6.61 Å². The molecule has 27 heavy (non-hydrogen) atoms. The zero-order chi connectivity index (χ0) is 19.4. The Morgan fingerprint density at radius 1 is 1.22 bits per heavy atom. The van der Waals surface area contributed by atoms with Crippen LogP contribution < -0.4 is 14.4 Å². The van der Waals surface area contributed by atoms with Crippen molar-refractivity contribution in [3.05, 3.63) is 53.1 Å². The van der Waals surface area contributed by atoms with Crippen LogP contribution in [0.5, 0.6) is 5.75 Å². The summed E-state index contributed by atoms with van der Waals surface area (Å²) in [7, 11) is -3.34. The molecule has 0 fully saturated rings. The van der Waals surface area contributed by atoms with Gasteiger partial charge in [0.1, 0.15) is 5.75 Å². The van der Waals surface area contributed by atoms with Gasteiger partial charge in [0, 0.05) is 17.3 Å². The fraction of sp³-hybridized carbons (Fsp3) is 0.316. The molecule has 2 aromatic carbocycles. The Bertz CT molecular complexity index is 929. The third-order valence-corrected chi connectivity index (χ3v) is 6.36. The molecule has 8 heteroatoms. The molecular formula is C19H21ClN2O4S. The Morgan fingerprint density at radius 3 is 2.67 bits per heavy atom. The molecular weight excluding hydrogens is 388 g/mol. The highest BCUT2D eigenvalue weighted by atomic mass is 35.5. The predicted molar refractivity (Wildman–Crippen MR) is 107 cm³/mol. The van der Waals surface area contributed by atoms with Crippen LogP contribution in [-0.4, -0.2) is 33.2 Å². The van der Waals surface area contributed by atoms with E-state index in [2.05, 4.69) is 5.32 Å². The van der Waals surface area contributed by atoms with Crippen molar-refractivity contribution < 1.29 is 17.9 Å². The third kappa shape index (κ3) is 4.73. The van der Waals surface area contributed by atoms with E-state index in [0.717, 1.165) is 18.4 Å². The second kappa shape index (κ2) is 8.19. The largest absolute Gasteiger partial charge is 0.484 e. The second-order valence-electron chi connectivity index (χ2n) is 6.21. The average molecular weight is 409 g/mol. The zero-order valence-electron chi connectivity index (χ0n) is 14.9. The van der Waals surface area contributed by atoms with Gasteiger partial charge in [-0.3, -0.25) is 9.10 Å². The van der Waals surface area contributed by atoms with Gasteiger partial charge in [-0.15, -0.1) is 0 Å². The third-order valence-electron chi connectivity index (χ3n) is 4.33. The molecule has 0 aromatic heterocycles. The van der Waals surface area contributed by atoms with E-state index in [0.29, 0.717) is 28.7 Å². The van der Waals surface area contributed by atoms with Gasteiger partial charge in [0.2, 0.25) is 10.0 Å². The van der Waals surface area contributed by atoms with E-state index in [9.17, 15) is 13.2 Å². The number of fused-ring (bicyclic) bond motifs is 1. The number of amides is 1. The van der Waals surface area contributed by atoms with E-state index in [1.807, 2.05) is 6.07 Å². The van der Waals surface area contributed by atoms with Crippen molar-refractivity contribution >= 4 is 38.9 Å². The maximum atomic E-state index is 12.3. The summed E-state index contributed by atoms with van der Waals surface area (Å²) in [4.78, 5) is 12.2. The number of sulfonamides is 1. The Hall–Kier alpha value is -2.25. The molecule has 1 aliphatic heterocycles. The van der Waals surface area contributed by atoms with E-state index < -0.39 is 10.0 Å². The second-order valence-corrected chi connectivity index (χ2v) is 8.83. The topological polar surface area (TPSA) is 75.7 Å². The highest BCUT2D eigenvalue weighted by molar-refractivity contribution is 7.92. The van der Waals surface area contributed by atoms with E-state index in [1.165, 1.54) is 4.31 Å². The van der Waals surface area contributed by atoms with Crippen molar-refractivity contribution in [1.29, 1.82) is 0 Å². The Balaban J connectivity index is 1.69. The van der Waals surface area contributed by atoms with Crippen LogP contribution >= 0.6 is 11.6 Å². The fourth-order valence-corrected chi connectivity index (χ4v) is 4.25. The smallest absolute Gasteiger partial charge is 0.262 e. The molecule has 0 aliphatic carbocycles. The minimum atomic E-state index is -3.34. The number of hydrogen-bond acceptors (Lipinski definition) is 4. The van der Waals surface area contributed by atoms with Crippen LogP contribution in [0.4, 0.5) is 11.4 Å². The molecule has 3 rings (SSSR count). The van der Waals surface area contributed by atoms with E-state index in [4.69, 9.17) is 16.3 Å². The van der Waals surface area contributed by atoms with E-state index in [-0.39, 0.29) is 18.3 Å². The first-order valence-electron chi connectivity index (χ1n) is 8.70. The lowest BCUT2D eigenvalue weighted by atomic mass is 10.0. The molecule has 1 heterocycles. The lowest BCUT2D eigenvalue weighted by Gasteiger charge is -2.30. The molecule has 1 amide bonds. The summed E-state index contributed by atoms with van der Waals surface area (Å²) >= 11 is 5.81. The SMILES string of the molecule is CCS(=O)(=O)N1CCCc2ccc(NC(=O)COc3ccc(Cl)cc3)cc21. The van der Waals surface area contributed by atoms with E-state index in [1.54, 1.807) is 43.3 Å². The number of benzene rings is 2. The molecule has 0 spiro atoms. The molecule has 0 radical (unpaired) electrons. The Morgan fingerprint density at radius 2 is 1.96 bits per heavy atom. The van der Waals surface area contributed by atoms with Crippen LogP contribution in [0.3, 0.4) is 0 Å². The number of rotatable bonds is 6. The molecule has 1 aliphatic rings. The number of nitrogens with one attached hydrogen (secondary N) is 1. The van der Waals surface area contributed by atoms with Gasteiger partial charge < -0.3 is 10.1 Å². The fourth-order valence-electron chi connectivity index (χ4n) is 2.94. The Kier molecular flexibility index (Phi) is 5.92. The molecule has 0 atom stereocenters. The van der Waals surface area contributed by atoms with Gasteiger partial charge in [-0.2, -0.15) is 0 Å². The number of hydrogen-bond donors (Lipinski definition) is 1. The lowest BCUT2D eigenvalue weighted by molar-refractivity contribution is -0.118. The lowest BCUT2D eigenvalue weighted by Crippen LogP contribution is -2.36. The monoisotopic (exact) mass is 408 g/mol. The van der Waals surface area contributed by atoms with Crippen molar-refractivity contribution in [2.75, 3.05) is 28.5 Å². The summed E-state index contributed by atoms with van der Waals surface area (Å²) in [5, 5.41) is 3.34. The molecule has 0 bridgehead atoms. The average Bonchev–Trinajstić information content (AvgIpc) is 2.67. The van der Waals surface area contributed by atoms with Crippen LogP contribution in [0, 0.1) is 0 Å². The van der Waals surface area contributed by atoms with Crippen molar-refractivity contribution in [3.8, 4) is 5.75 Å². The molecule has 0 saturated carbocycles. The highest BCUT2D eigenvalue weighted by Gasteiger charge is 2.26. The summed E-state index contributed by atoms with van der Waals surface area (Å²) in [6.45, 7) is 1.93. The van der Waals surface area contributed by atoms with E-state index >= 15 is 0 Å². The number of nitrogens with zero attached hydrogens (tertiary/aromatic N) is 1. The summed E-state index contributed by atoms with van der Waals surface area (Å²) < 4.78 is 31.5. The van der Waals surface area contributed by atoms with Gasteiger partial charge >= 0.3 is 0 Å². The van der Waals surface area contributed by atoms with Crippen molar-refractivity contribution in [2.45, 2.75) is 19.8 Å². The number of aryl methyl sites for hydroxylation is 1. The molecule has 6 nitrogen and oxygen atoms in total. The van der Waals surface area contributed by atoms with Gasteiger partial charge in [0.25, 0.3) is 5.91 Å².